The fourth-order valence-corrected chi connectivity index (χ4v) is 1.45. The maximum Gasteiger partial charge on any atom is 0.242 e. The van der Waals surface area contributed by atoms with Crippen LogP contribution in [0.2, 0.25) is 0 Å². The first-order valence-corrected chi connectivity index (χ1v) is 5.64. The molecular formula is C13H18NO2Y-. The number of amides is 1. The number of benzene rings is 1. The van der Waals surface area contributed by atoms with Gasteiger partial charge in [0, 0.05) is 39.3 Å². The first-order valence-electron chi connectivity index (χ1n) is 5.64. The van der Waals surface area contributed by atoms with E-state index in [4.69, 9.17) is 4.74 Å². The molecule has 4 heteroatoms. The zero-order chi connectivity index (χ0) is 12.0. The average Bonchev–Trinajstić information content (AvgIpc) is 2.34. The molecule has 0 atom stereocenters. The number of hydrogen-bond donors (Lipinski definition) is 0. The zero-order valence-electron chi connectivity index (χ0n) is 10.7. The molecule has 0 unspecified atom stereocenters. The van der Waals surface area contributed by atoms with Gasteiger partial charge in [0.1, 0.15) is 6.61 Å². The minimum absolute atomic E-state index is 0. The summed E-state index contributed by atoms with van der Waals surface area (Å²) in [7, 11) is 0. The number of hydrogen-bond acceptors (Lipinski definition) is 2. The van der Waals surface area contributed by atoms with Crippen LogP contribution in [0.5, 0.6) is 0 Å². The second kappa shape index (κ2) is 8.79. The number of carbonyl (C=O) groups excluding carboxylic acids is 1. The largest absolute Gasteiger partial charge is 0.370 e. The molecule has 1 heterocycles. The molecule has 1 amide bonds. The van der Waals surface area contributed by atoms with Crippen molar-refractivity contribution in [3.05, 3.63) is 29.8 Å². The van der Waals surface area contributed by atoms with Crippen LogP contribution in [0.15, 0.2) is 18.2 Å². The van der Waals surface area contributed by atoms with Crippen LogP contribution in [0.25, 0.3) is 0 Å². The second-order valence-corrected chi connectivity index (χ2v) is 3.33. The standard InChI is InChI=1S/C11H12NO2.C2H6.Y/c1-9-2-4-10(5-3-9)12-6-7-14-8-11(12)13;1-2;/h2,4-5H,6-8H2,1H3;1-2H3;/q-1;;. The third-order valence-electron chi connectivity index (χ3n) is 2.25. The fraction of sp³-hybridized carbons (Fsp3) is 0.462. The zero-order valence-corrected chi connectivity index (χ0v) is 13.5. The van der Waals surface area contributed by atoms with E-state index in [1.165, 1.54) is 0 Å². The van der Waals surface area contributed by atoms with Crippen LogP contribution in [0.4, 0.5) is 5.69 Å². The maximum atomic E-state index is 11.5. The van der Waals surface area contributed by atoms with Gasteiger partial charge in [-0.05, 0) is 0 Å². The summed E-state index contributed by atoms with van der Waals surface area (Å²) in [5.74, 6) is 0.0218. The van der Waals surface area contributed by atoms with E-state index in [1.807, 2.05) is 39.0 Å². The minimum atomic E-state index is 0. The molecule has 1 aromatic carbocycles. The number of rotatable bonds is 1. The molecule has 0 bridgehead atoms. The number of morpholine rings is 1. The normalized spacial score (nSPS) is 14.5. The molecule has 3 nitrogen and oxygen atoms in total. The summed E-state index contributed by atoms with van der Waals surface area (Å²) in [5, 5.41) is 0. The average molecular weight is 309 g/mol. The molecule has 1 saturated heterocycles. The summed E-state index contributed by atoms with van der Waals surface area (Å²) in [5.41, 5.74) is 1.98. The Morgan fingerprint density at radius 1 is 1.35 bits per heavy atom. The number of aryl methyl sites for hydroxylation is 1. The molecule has 91 valence electrons. The minimum Gasteiger partial charge on any atom is -0.370 e. The van der Waals surface area contributed by atoms with Crippen molar-refractivity contribution in [1.82, 2.24) is 0 Å². The third-order valence-corrected chi connectivity index (χ3v) is 2.25. The summed E-state index contributed by atoms with van der Waals surface area (Å²) in [4.78, 5) is 13.2. The third kappa shape index (κ3) is 4.86. The van der Waals surface area contributed by atoms with Gasteiger partial charge in [0.15, 0.2) is 0 Å². The molecule has 1 aliphatic rings. The van der Waals surface area contributed by atoms with E-state index in [1.54, 1.807) is 4.90 Å². The van der Waals surface area contributed by atoms with Gasteiger partial charge < -0.3 is 9.64 Å². The number of nitrogens with zero attached hydrogens (tertiary/aromatic N) is 1. The van der Waals surface area contributed by atoms with E-state index in [2.05, 4.69) is 6.07 Å². The Morgan fingerprint density at radius 3 is 2.59 bits per heavy atom. The van der Waals surface area contributed by atoms with Crippen molar-refractivity contribution in [3.63, 3.8) is 0 Å². The predicted molar refractivity (Wildman–Crippen MR) is 64.5 cm³/mol. The van der Waals surface area contributed by atoms with Gasteiger partial charge in [-0.2, -0.15) is 23.8 Å². The fourth-order valence-electron chi connectivity index (χ4n) is 1.45. The van der Waals surface area contributed by atoms with Crippen LogP contribution in [0.3, 0.4) is 0 Å². The molecule has 0 aromatic heterocycles. The summed E-state index contributed by atoms with van der Waals surface area (Å²) in [6.45, 7) is 7.41. The quantitative estimate of drug-likeness (QED) is 0.744. The van der Waals surface area contributed by atoms with E-state index < -0.39 is 0 Å². The topological polar surface area (TPSA) is 29.5 Å². The monoisotopic (exact) mass is 309 g/mol. The first-order chi connectivity index (χ1) is 7.77. The number of ether oxygens (including phenoxy) is 1. The van der Waals surface area contributed by atoms with E-state index in [0.717, 1.165) is 11.3 Å². The Morgan fingerprint density at radius 2 is 2.06 bits per heavy atom. The van der Waals surface area contributed by atoms with E-state index in [0.29, 0.717) is 13.2 Å². The smallest absolute Gasteiger partial charge is 0.242 e. The van der Waals surface area contributed by atoms with Gasteiger partial charge in [0.05, 0.1) is 6.61 Å². The van der Waals surface area contributed by atoms with Crippen LogP contribution in [-0.4, -0.2) is 25.7 Å². The SMILES string of the molecule is CC.Cc1[c-]cc(N2CCOCC2=O)cc1.[Y]. The molecule has 1 fully saturated rings. The van der Waals surface area contributed by atoms with Crippen LogP contribution in [0, 0.1) is 13.0 Å². The van der Waals surface area contributed by atoms with Gasteiger partial charge >= 0.3 is 0 Å². The Kier molecular flexibility index (Phi) is 8.66. The molecule has 0 N–H and O–H groups in total. The Labute approximate surface area is 128 Å². The number of carbonyl (C=O) groups is 1. The molecule has 0 saturated carbocycles. The van der Waals surface area contributed by atoms with Crippen molar-refractivity contribution in [1.29, 1.82) is 0 Å². The molecule has 2 rings (SSSR count). The van der Waals surface area contributed by atoms with E-state index in [9.17, 15) is 4.79 Å². The Hall–Kier alpha value is -0.246. The predicted octanol–water partition coefficient (Wildman–Crippen LogP) is 2.18. The number of anilines is 1. The van der Waals surface area contributed by atoms with Crippen LogP contribution in [0.1, 0.15) is 19.4 Å². The Balaban J connectivity index is 0.000000811. The summed E-state index contributed by atoms with van der Waals surface area (Å²) in [6, 6.07) is 8.82. The molecular weight excluding hydrogens is 291 g/mol. The van der Waals surface area contributed by atoms with Crippen molar-refractivity contribution in [2.75, 3.05) is 24.7 Å². The summed E-state index contributed by atoms with van der Waals surface area (Å²) >= 11 is 0. The van der Waals surface area contributed by atoms with Gasteiger partial charge in [-0.1, -0.05) is 26.5 Å². The van der Waals surface area contributed by atoms with Crippen molar-refractivity contribution >= 4 is 11.6 Å². The molecule has 0 aliphatic carbocycles. The molecule has 17 heavy (non-hydrogen) atoms. The Bertz CT molecular complexity index is 338. The van der Waals surface area contributed by atoms with Crippen molar-refractivity contribution in [2.45, 2.75) is 20.8 Å². The van der Waals surface area contributed by atoms with Crippen molar-refractivity contribution < 1.29 is 42.2 Å². The van der Waals surface area contributed by atoms with Crippen LogP contribution in [-0.2, 0) is 42.2 Å². The summed E-state index contributed by atoms with van der Waals surface area (Å²) in [6.07, 6.45) is 0. The first kappa shape index (κ1) is 16.8. The summed E-state index contributed by atoms with van der Waals surface area (Å²) < 4.78 is 5.06. The molecule has 1 radical (unpaired) electrons. The van der Waals surface area contributed by atoms with Crippen molar-refractivity contribution in [3.8, 4) is 0 Å². The second-order valence-electron chi connectivity index (χ2n) is 3.33. The molecule has 1 aromatic rings. The molecule has 1 aliphatic heterocycles. The van der Waals surface area contributed by atoms with E-state index in [-0.39, 0.29) is 45.2 Å². The van der Waals surface area contributed by atoms with Gasteiger partial charge in [-0.3, -0.25) is 4.79 Å². The van der Waals surface area contributed by atoms with E-state index >= 15 is 0 Å². The van der Waals surface area contributed by atoms with Crippen LogP contribution >= 0.6 is 0 Å². The maximum absolute atomic E-state index is 11.5. The van der Waals surface area contributed by atoms with Gasteiger partial charge in [0.2, 0.25) is 5.91 Å². The van der Waals surface area contributed by atoms with Crippen molar-refractivity contribution in [2.24, 2.45) is 0 Å². The molecule has 0 spiro atoms. The van der Waals surface area contributed by atoms with Crippen LogP contribution < -0.4 is 4.90 Å². The van der Waals surface area contributed by atoms with Gasteiger partial charge in [0.25, 0.3) is 0 Å². The van der Waals surface area contributed by atoms with Gasteiger partial charge in [-0.15, -0.1) is 6.07 Å². The van der Waals surface area contributed by atoms with Gasteiger partial charge in [-0.25, -0.2) is 0 Å².